The SMILES string of the molecule is COC(=O)c1c(NC(=O)C[NH2+][C@H](C)c2ccco2)sc2c1CC[C@H](C)C2. The number of nitrogens with two attached hydrogens (primary N) is 1. The van der Waals surface area contributed by atoms with Crippen LogP contribution in [0.2, 0.25) is 0 Å². The van der Waals surface area contributed by atoms with Gasteiger partial charge in [0, 0.05) is 4.88 Å². The highest BCUT2D eigenvalue weighted by molar-refractivity contribution is 7.17. The molecule has 1 amide bonds. The molecule has 2 heterocycles. The van der Waals surface area contributed by atoms with Crippen LogP contribution in [0.15, 0.2) is 22.8 Å². The highest BCUT2D eigenvalue weighted by Gasteiger charge is 2.29. The number of fused-ring (bicyclic) bond motifs is 1. The third kappa shape index (κ3) is 3.99. The molecule has 0 radical (unpaired) electrons. The number of hydrogen-bond acceptors (Lipinski definition) is 5. The summed E-state index contributed by atoms with van der Waals surface area (Å²) in [4.78, 5) is 25.9. The van der Waals surface area contributed by atoms with E-state index in [-0.39, 0.29) is 24.5 Å². The Kier molecular flexibility index (Phi) is 5.78. The average Bonchev–Trinajstić information content (AvgIpc) is 3.26. The van der Waals surface area contributed by atoms with Crippen molar-refractivity contribution in [1.29, 1.82) is 0 Å². The Bertz CT molecular complexity index is 782. The van der Waals surface area contributed by atoms with Crippen LogP contribution in [0, 0.1) is 5.92 Å². The molecular weight excluding hydrogens is 352 g/mol. The smallest absolute Gasteiger partial charge is 0.341 e. The number of amides is 1. The number of furan rings is 1. The summed E-state index contributed by atoms with van der Waals surface area (Å²) in [7, 11) is 1.38. The number of nitrogens with one attached hydrogen (secondary N) is 1. The van der Waals surface area contributed by atoms with Crippen LogP contribution in [-0.4, -0.2) is 25.5 Å². The van der Waals surface area contributed by atoms with Gasteiger partial charge in [0.05, 0.1) is 18.9 Å². The molecule has 3 rings (SSSR count). The van der Waals surface area contributed by atoms with Gasteiger partial charge in [-0.1, -0.05) is 6.92 Å². The molecule has 2 atom stereocenters. The zero-order valence-electron chi connectivity index (χ0n) is 15.3. The second kappa shape index (κ2) is 8.05. The van der Waals surface area contributed by atoms with Crippen molar-refractivity contribution >= 4 is 28.2 Å². The van der Waals surface area contributed by atoms with Gasteiger partial charge in [0.1, 0.15) is 11.0 Å². The lowest BCUT2D eigenvalue weighted by Crippen LogP contribution is -2.86. The predicted molar refractivity (Wildman–Crippen MR) is 99.4 cm³/mol. The number of rotatable bonds is 6. The first-order valence-corrected chi connectivity index (χ1v) is 9.70. The molecule has 0 aliphatic heterocycles. The van der Waals surface area contributed by atoms with Crippen molar-refractivity contribution < 1.29 is 24.1 Å². The second-order valence-electron chi connectivity index (χ2n) is 6.84. The molecule has 0 fully saturated rings. The Morgan fingerprint density at radius 3 is 3.00 bits per heavy atom. The minimum Gasteiger partial charge on any atom is -0.465 e. The molecule has 0 aromatic carbocycles. The van der Waals surface area contributed by atoms with E-state index in [4.69, 9.17) is 9.15 Å². The Labute approximate surface area is 156 Å². The molecule has 140 valence electrons. The maximum Gasteiger partial charge on any atom is 0.341 e. The van der Waals surface area contributed by atoms with Crippen molar-refractivity contribution in [3.05, 3.63) is 40.2 Å². The van der Waals surface area contributed by atoms with Crippen LogP contribution in [-0.2, 0) is 22.4 Å². The molecule has 0 bridgehead atoms. The van der Waals surface area contributed by atoms with E-state index in [9.17, 15) is 9.59 Å². The summed E-state index contributed by atoms with van der Waals surface area (Å²) in [6.45, 7) is 4.45. The summed E-state index contributed by atoms with van der Waals surface area (Å²) in [5, 5.41) is 5.43. The number of hydrogen-bond donors (Lipinski definition) is 2. The third-order valence-electron chi connectivity index (χ3n) is 4.80. The van der Waals surface area contributed by atoms with Gasteiger partial charge in [-0.3, -0.25) is 4.79 Å². The maximum atomic E-state index is 12.4. The molecule has 2 aromatic heterocycles. The molecule has 7 heteroatoms. The molecule has 1 aliphatic rings. The normalized spacial score (nSPS) is 17.4. The Balaban J connectivity index is 1.70. The zero-order chi connectivity index (χ0) is 18.7. The maximum absolute atomic E-state index is 12.4. The van der Waals surface area contributed by atoms with Crippen molar-refractivity contribution in [3.8, 4) is 0 Å². The quantitative estimate of drug-likeness (QED) is 0.758. The fourth-order valence-corrected chi connectivity index (χ4v) is 4.70. The van der Waals surface area contributed by atoms with Crippen molar-refractivity contribution in [2.75, 3.05) is 19.0 Å². The molecule has 26 heavy (non-hydrogen) atoms. The number of carbonyl (C=O) groups is 2. The second-order valence-corrected chi connectivity index (χ2v) is 7.94. The van der Waals surface area contributed by atoms with Gasteiger partial charge in [-0.2, -0.15) is 0 Å². The van der Waals surface area contributed by atoms with Crippen LogP contribution in [0.25, 0.3) is 0 Å². The molecular formula is C19H25N2O4S+. The van der Waals surface area contributed by atoms with Crippen LogP contribution in [0.5, 0.6) is 0 Å². The average molecular weight is 377 g/mol. The summed E-state index contributed by atoms with van der Waals surface area (Å²) < 4.78 is 10.3. The molecule has 0 saturated carbocycles. The van der Waals surface area contributed by atoms with E-state index < -0.39 is 0 Å². The number of ether oxygens (including phenoxy) is 1. The van der Waals surface area contributed by atoms with Crippen LogP contribution >= 0.6 is 11.3 Å². The number of methoxy groups -OCH3 is 1. The van der Waals surface area contributed by atoms with Gasteiger partial charge < -0.3 is 19.8 Å². The third-order valence-corrected chi connectivity index (χ3v) is 5.97. The minimum atomic E-state index is -0.375. The Morgan fingerprint density at radius 1 is 1.50 bits per heavy atom. The molecule has 3 N–H and O–H groups in total. The van der Waals surface area contributed by atoms with E-state index in [1.807, 2.05) is 24.4 Å². The molecule has 0 unspecified atom stereocenters. The summed E-state index contributed by atoms with van der Waals surface area (Å²) >= 11 is 1.50. The fraction of sp³-hybridized carbons (Fsp3) is 0.474. The van der Waals surface area contributed by atoms with Crippen molar-refractivity contribution in [2.24, 2.45) is 5.92 Å². The van der Waals surface area contributed by atoms with Gasteiger partial charge in [-0.05, 0) is 49.8 Å². The van der Waals surface area contributed by atoms with E-state index in [1.165, 1.54) is 23.3 Å². The van der Waals surface area contributed by atoms with Gasteiger partial charge in [0.15, 0.2) is 12.3 Å². The lowest BCUT2D eigenvalue weighted by molar-refractivity contribution is -0.684. The first-order chi connectivity index (χ1) is 12.5. The highest BCUT2D eigenvalue weighted by atomic mass is 32.1. The topological polar surface area (TPSA) is 85.1 Å². The number of thiophene rings is 1. The van der Waals surface area contributed by atoms with Gasteiger partial charge in [-0.25, -0.2) is 4.79 Å². The van der Waals surface area contributed by atoms with Gasteiger partial charge in [-0.15, -0.1) is 11.3 Å². The Hall–Kier alpha value is -2.12. The highest BCUT2D eigenvalue weighted by Crippen LogP contribution is 2.39. The fourth-order valence-electron chi connectivity index (χ4n) is 3.28. The number of quaternary nitrogens is 1. The van der Waals surface area contributed by atoms with Crippen molar-refractivity contribution in [1.82, 2.24) is 0 Å². The standard InChI is InChI=1S/C19H24N2O4S/c1-11-6-7-13-15(9-11)26-18(17(13)19(23)24-3)21-16(22)10-20-12(2)14-5-4-8-25-14/h4-5,8,11-12,20H,6-7,9-10H2,1-3H3,(H,21,22)/p+1/t11-,12+/m0/s1. The monoisotopic (exact) mass is 377 g/mol. The van der Waals surface area contributed by atoms with Gasteiger partial charge >= 0.3 is 5.97 Å². The van der Waals surface area contributed by atoms with E-state index in [0.717, 1.165) is 30.6 Å². The minimum absolute atomic E-state index is 0.0493. The van der Waals surface area contributed by atoms with Crippen LogP contribution in [0.3, 0.4) is 0 Å². The first kappa shape index (κ1) is 18.7. The van der Waals surface area contributed by atoms with Crippen molar-refractivity contribution in [2.45, 2.75) is 39.2 Å². The van der Waals surface area contributed by atoms with E-state index >= 15 is 0 Å². The molecule has 6 nitrogen and oxygen atoms in total. The number of esters is 1. The molecule has 0 saturated heterocycles. The van der Waals surface area contributed by atoms with E-state index in [0.29, 0.717) is 16.5 Å². The summed E-state index contributed by atoms with van der Waals surface area (Å²) in [5.41, 5.74) is 1.58. The van der Waals surface area contributed by atoms with Gasteiger partial charge in [0.2, 0.25) is 0 Å². The Morgan fingerprint density at radius 2 is 2.31 bits per heavy atom. The van der Waals surface area contributed by atoms with Crippen LogP contribution < -0.4 is 10.6 Å². The summed E-state index contributed by atoms with van der Waals surface area (Å²) in [5.74, 6) is 0.909. The van der Waals surface area contributed by atoms with E-state index in [2.05, 4.69) is 12.2 Å². The first-order valence-electron chi connectivity index (χ1n) is 8.89. The summed E-state index contributed by atoms with van der Waals surface area (Å²) in [6, 6.07) is 3.77. The van der Waals surface area contributed by atoms with Crippen molar-refractivity contribution in [3.63, 3.8) is 0 Å². The zero-order valence-corrected chi connectivity index (χ0v) is 16.2. The predicted octanol–water partition coefficient (Wildman–Crippen LogP) is 2.52. The number of anilines is 1. The molecule has 1 aliphatic carbocycles. The van der Waals surface area contributed by atoms with E-state index in [1.54, 1.807) is 6.26 Å². The van der Waals surface area contributed by atoms with Gasteiger partial charge in [0.25, 0.3) is 5.91 Å². The number of carbonyl (C=O) groups excluding carboxylic acids is 2. The molecule has 2 aromatic rings. The molecule has 0 spiro atoms. The lowest BCUT2D eigenvalue weighted by Gasteiger charge is -2.18. The summed E-state index contributed by atoms with van der Waals surface area (Å²) in [6.07, 6.45) is 4.48. The van der Waals surface area contributed by atoms with Crippen LogP contribution in [0.4, 0.5) is 5.00 Å². The largest absolute Gasteiger partial charge is 0.465 e. The lowest BCUT2D eigenvalue weighted by atomic mass is 9.88. The van der Waals surface area contributed by atoms with Crippen LogP contribution in [0.1, 0.15) is 52.9 Å².